The first-order valence-corrected chi connectivity index (χ1v) is 9.21. The molecule has 0 aliphatic carbocycles. The van der Waals surface area contributed by atoms with Crippen LogP contribution in [0.2, 0.25) is 0 Å². The third kappa shape index (κ3) is 3.22. The van der Waals surface area contributed by atoms with Crippen LogP contribution in [-0.2, 0) is 11.3 Å². The highest BCUT2D eigenvalue weighted by atomic mass is 16.5. The number of nitrogens with zero attached hydrogens (tertiary/aromatic N) is 3. The minimum atomic E-state index is -0.311. The molecule has 0 N–H and O–H groups in total. The molecule has 3 aromatic rings. The van der Waals surface area contributed by atoms with E-state index in [2.05, 4.69) is 16.0 Å². The van der Waals surface area contributed by atoms with Crippen LogP contribution in [0.5, 0.6) is 0 Å². The van der Waals surface area contributed by atoms with Gasteiger partial charge in [0.2, 0.25) is 0 Å². The van der Waals surface area contributed by atoms with E-state index in [-0.39, 0.29) is 5.97 Å². The smallest absolute Gasteiger partial charge is 0.340 e. The summed E-state index contributed by atoms with van der Waals surface area (Å²) in [6.07, 6.45) is 6.44. The van der Waals surface area contributed by atoms with E-state index in [0.29, 0.717) is 12.2 Å². The number of esters is 1. The Labute approximate surface area is 153 Å². The van der Waals surface area contributed by atoms with Gasteiger partial charge in [-0.25, -0.2) is 4.79 Å². The maximum absolute atomic E-state index is 12.4. The second kappa shape index (κ2) is 7.30. The van der Waals surface area contributed by atoms with Crippen molar-refractivity contribution in [3.63, 3.8) is 0 Å². The molecule has 3 aromatic heterocycles. The molecule has 1 fully saturated rings. The summed E-state index contributed by atoms with van der Waals surface area (Å²) < 4.78 is 7.24. The SMILES string of the molecule is CCOC(=O)c1cc2ccccn2c1-c1ccc(CN2CCCC2)cn1. The first kappa shape index (κ1) is 16.8. The third-order valence-electron chi connectivity index (χ3n) is 4.85. The standard InChI is InChI=1S/C21H23N3O2/c1-2-26-21(25)18-13-17-7-3-4-12-24(17)20(18)19-9-8-16(14-22-19)15-23-10-5-6-11-23/h3-4,7-9,12-14H,2,5-6,10-11,15H2,1H3. The van der Waals surface area contributed by atoms with E-state index >= 15 is 0 Å². The van der Waals surface area contributed by atoms with Gasteiger partial charge in [0.05, 0.1) is 23.6 Å². The van der Waals surface area contributed by atoms with Crippen molar-refractivity contribution in [3.8, 4) is 11.4 Å². The van der Waals surface area contributed by atoms with Gasteiger partial charge in [-0.2, -0.15) is 0 Å². The molecule has 0 amide bonds. The highest BCUT2D eigenvalue weighted by Crippen LogP contribution is 2.27. The number of fused-ring (bicyclic) bond motifs is 1. The van der Waals surface area contributed by atoms with Crippen molar-refractivity contribution in [1.29, 1.82) is 0 Å². The molecule has 0 bridgehead atoms. The monoisotopic (exact) mass is 349 g/mol. The lowest BCUT2D eigenvalue weighted by Crippen LogP contribution is -2.18. The van der Waals surface area contributed by atoms with Crippen LogP contribution >= 0.6 is 0 Å². The second-order valence-corrected chi connectivity index (χ2v) is 6.66. The Balaban J connectivity index is 1.70. The minimum absolute atomic E-state index is 0.311. The van der Waals surface area contributed by atoms with E-state index < -0.39 is 0 Å². The van der Waals surface area contributed by atoms with E-state index in [0.717, 1.165) is 36.5 Å². The molecule has 0 aromatic carbocycles. The predicted octanol–water partition coefficient (Wildman–Crippen LogP) is 3.77. The Kier molecular flexibility index (Phi) is 4.71. The maximum Gasteiger partial charge on any atom is 0.340 e. The summed E-state index contributed by atoms with van der Waals surface area (Å²) in [4.78, 5) is 19.5. The van der Waals surface area contributed by atoms with Crippen LogP contribution in [0.1, 0.15) is 35.7 Å². The number of ether oxygens (including phenoxy) is 1. The van der Waals surface area contributed by atoms with Crippen LogP contribution in [0, 0.1) is 0 Å². The normalized spacial score (nSPS) is 14.8. The molecular formula is C21H23N3O2. The molecule has 26 heavy (non-hydrogen) atoms. The fourth-order valence-electron chi connectivity index (χ4n) is 3.61. The highest BCUT2D eigenvalue weighted by molar-refractivity contribution is 5.98. The van der Waals surface area contributed by atoms with Crippen LogP contribution < -0.4 is 0 Å². The van der Waals surface area contributed by atoms with Gasteiger partial charge in [0.25, 0.3) is 0 Å². The molecule has 5 heteroatoms. The van der Waals surface area contributed by atoms with Crippen molar-refractivity contribution >= 4 is 11.5 Å². The average molecular weight is 349 g/mol. The first-order chi connectivity index (χ1) is 12.8. The fourth-order valence-corrected chi connectivity index (χ4v) is 3.61. The topological polar surface area (TPSA) is 46.8 Å². The number of hydrogen-bond acceptors (Lipinski definition) is 4. The van der Waals surface area contributed by atoms with Gasteiger partial charge in [-0.3, -0.25) is 9.88 Å². The molecule has 134 valence electrons. The Bertz CT molecular complexity index is 909. The Morgan fingerprint density at radius 3 is 2.77 bits per heavy atom. The van der Waals surface area contributed by atoms with Gasteiger partial charge in [0.1, 0.15) is 0 Å². The number of rotatable bonds is 5. The molecule has 0 saturated carbocycles. The fraction of sp³-hybridized carbons (Fsp3) is 0.333. The third-order valence-corrected chi connectivity index (χ3v) is 4.85. The van der Waals surface area contributed by atoms with E-state index in [1.165, 1.54) is 18.4 Å². The zero-order valence-corrected chi connectivity index (χ0v) is 15.0. The van der Waals surface area contributed by atoms with Crippen LogP contribution in [-0.4, -0.2) is 40.0 Å². The van der Waals surface area contributed by atoms with Gasteiger partial charge in [0, 0.05) is 24.5 Å². The number of carbonyl (C=O) groups is 1. The number of aromatic nitrogens is 2. The van der Waals surface area contributed by atoms with Crippen molar-refractivity contribution in [2.75, 3.05) is 19.7 Å². The van der Waals surface area contributed by atoms with E-state index in [1.807, 2.05) is 54.0 Å². The second-order valence-electron chi connectivity index (χ2n) is 6.66. The van der Waals surface area contributed by atoms with E-state index in [1.54, 1.807) is 0 Å². The zero-order valence-electron chi connectivity index (χ0n) is 15.0. The molecule has 1 aliphatic heterocycles. The van der Waals surface area contributed by atoms with Gasteiger partial charge in [-0.15, -0.1) is 0 Å². The molecular weight excluding hydrogens is 326 g/mol. The maximum atomic E-state index is 12.4. The van der Waals surface area contributed by atoms with Gasteiger partial charge in [0.15, 0.2) is 0 Å². The van der Waals surface area contributed by atoms with Crippen LogP contribution in [0.25, 0.3) is 16.9 Å². The molecule has 0 spiro atoms. The van der Waals surface area contributed by atoms with Crippen LogP contribution in [0.3, 0.4) is 0 Å². The van der Waals surface area contributed by atoms with Crippen molar-refractivity contribution in [3.05, 3.63) is 59.9 Å². The van der Waals surface area contributed by atoms with E-state index in [9.17, 15) is 4.79 Å². The molecule has 1 saturated heterocycles. The van der Waals surface area contributed by atoms with Gasteiger partial charge >= 0.3 is 5.97 Å². The molecule has 1 aliphatic rings. The summed E-state index contributed by atoms with van der Waals surface area (Å²) in [5, 5.41) is 0. The number of hydrogen-bond donors (Lipinski definition) is 0. The molecule has 0 unspecified atom stereocenters. The van der Waals surface area contributed by atoms with Crippen molar-refractivity contribution in [1.82, 2.24) is 14.3 Å². The molecule has 4 rings (SSSR count). The zero-order chi connectivity index (χ0) is 17.9. The number of likely N-dealkylation sites (tertiary alicyclic amines) is 1. The average Bonchev–Trinajstić information content (AvgIpc) is 3.30. The van der Waals surface area contributed by atoms with Gasteiger partial charge < -0.3 is 9.14 Å². The summed E-state index contributed by atoms with van der Waals surface area (Å²) in [5.41, 5.74) is 4.27. The van der Waals surface area contributed by atoms with Crippen LogP contribution in [0.15, 0.2) is 48.8 Å². The molecule has 5 nitrogen and oxygen atoms in total. The van der Waals surface area contributed by atoms with Crippen molar-refractivity contribution in [2.45, 2.75) is 26.3 Å². The first-order valence-electron chi connectivity index (χ1n) is 9.21. The van der Waals surface area contributed by atoms with Crippen molar-refractivity contribution < 1.29 is 9.53 Å². The summed E-state index contributed by atoms with van der Waals surface area (Å²) in [6.45, 7) is 5.44. The Morgan fingerprint density at radius 1 is 1.19 bits per heavy atom. The highest BCUT2D eigenvalue weighted by Gasteiger charge is 2.20. The lowest BCUT2D eigenvalue weighted by molar-refractivity contribution is 0.0527. The molecule has 0 atom stereocenters. The molecule has 4 heterocycles. The quantitative estimate of drug-likeness (QED) is 0.658. The summed E-state index contributed by atoms with van der Waals surface area (Å²) in [7, 11) is 0. The Morgan fingerprint density at radius 2 is 2.04 bits per heavy atom. The van der Waals surface area contributed by atoms with Crippen molar-refractivity contribution in [2.24, 2.45) is 0 Å². The van der Waals surface area contributed by atoms with E-state index in [4.69, 9.17) is 4.74 Å². The lowest BCUT2D eigenvalue weighted by atomic mass is 10.1. The van der Waals surface area contributed by atoms with Crippen LogP contribution in [0.4, 0.5) is 0 Å². The summed E-state index contributed by atoms with van der Waals surface area (Å²) in [6, 6.07) is 11.9. The predicted molar refractivity (Wildman–Crippen MR) is 101 cm³/mol. The summed E-state index contributed by atoms with van der Waals surface area (Å²) >= 11 is 0. The minimum Gasteiger partial charge on any atom is -0.462 e. The van der Waals surface area contributed by atoms with Gasteiger partial charge in [-0.05, 0) is 62.7 Å². The molecule has 0 radical (unpaired) electrons. The Hall–Kier alpha value is -2.66. The number of pyridine rings is 2. The largest absolute Gasteiger partial charge is 0.462 e. The lowest BCUT2D eigenvalue weighted by Gasteiger charge is -2.14. The van der Waals surface area contributed by atoms with Gasteiger partial charge in [-0.1, -0.05) is 12.1 Å². The number of carbonyl (C=O) groups excluding carboxylic acids is 1. The summed E-state index contributed by atoms with van der Waals surface area (Å²) in [5.74, 6) is -0.311.